The van der Waals surface area contributed by atoms with Gasteiger partial charge in [0.2, 0.25) is 0 Å². The van der Waals surface area contributed by atoms with E-state index in [9.17, 15) is 9.59 Å². The molecule has 1 rings (SSSR count). The van der Waals surface area contributed by atoms with Crippen molar-refractivity contribution in [2.45, 2.75) is 73.4 Å². The zero-order valence-electron chi connectivity index (χ0n) is 26.0. The van der Waals surface area contributed by atoms with E-state index in [2.05, 4.69) is 21.3 Å². The number of urea groups is 2. The van der Waals surface area contributed by atoms with Gasteiger partial charge in [-0.15, -0.1) is 0 Å². The lowest BCUT2D eigenvalue weighted by Gasteiger charge is -2.28. The fourth-order valence-corrected chi connectivity index (χ4v) is 9.48. The number of carbonyl (C=O) groups excluding carboxylic acids is 2. The fourth-order valence-electron chi connectivity index (χ4n) is 4.26. The number of benzene rings is 1. The molecule has 14 heteroatoms. The number of anilines is 2. The van der Waals surface area contributed by atoms with Gasteiger partial charge in [-0.3, -0.25) is 0 Å². The van der Waals surface area contributed by atoms with Crippen LogP contribution in [0.1, 0.15) is 59.9 Å². The Morgan fingerprint density at radius 1 is 0.610 bits per heavy atom. The normalized spacial score (nSPS) is 11.8. The van der Waals surface area contributed by atoms with Gasteiger partial charge in [-0.25, -0.2) is 9.59 Å². The standard InChI is InChI=1S/C27H52N4O8Si2/c1-8-34-40(35-9-2,36-10-3)21-15-19-28-26(32)30-24-17-14-18-25(23(24)7)31-27(33)29-20-16-22-41(37-11-4,38-12-5)39-13-6/h14,17-18H,8-13,15-16,19-22H2,1-7H3,(H2,28,30,32)(H2,29,31,33). The Morgan fingerprint density at radius 2 is 0.927 bits per heavy atom. The highest BCUT2D eigenvalue weighted by Gasteiger charge is 2.40. The van der Waals surface area contributed by atoms with E-state index in [-0.39, 0.29) is 12.1 Å². The highest BCUT2D eigenvalue weighted by Crippen LogP contribution is 2.24. The summed E-state index contributed by atoms with van der Waals surface area (Å²) in [4.78, 5) is 25.1. The Kier molecular flexibility index (Phi) is 18.7. The largest absolute Gasteiger partial charge is 0.500 e. The third-order valence-electron chi connectivity index (χ3n) is 5.91. The van der Waals surface area contributed by atoms with E-state index < -0.39 is 17.6 Å². The van der Waals surface area contributed by atoms with E-state index in [1.54, 1.807) is 18.2 Å². The van der Waals surface area contributed by atoms with Crippen molar-refractivity contribution >= 4 is 41.0 Å². The number of carbonyl (C=O) groups is 2. The van der Waals surface area contributed by atoms with Crippen LogP contribution in [0.3, 0.4) is 0 Å². The summed E-state index contributed by atoms with van der Waals surface area (Å²) in [6, 6.07) is 5.90. The van der Waals surface area contributed by atoms with Crippen molar-refractivity contribution in [3.8, 4) is 0 Å². The molecule has 0 heterocycles. The van der Waals surface area contributed by atoms with Gasteiger partial charge in [0.15, 0.2) is 0 Å². The lowest BCUT2D eigenvalue weighted by molar-refractivity contribution is 0.0701. The van der Waals surface area contributed by atoms with Crippen molar-refractivity contribution in [1.82, 2.24) is 10.6 Å². The molecule has 0 atom stereocenters. The van der Waals surface area contributed by atoms with E-state index in [4.69, 9.17) is 26.6 Å². The lowest BCUT2D eigenvalue weighted by Crippen LogP contribution is -2.46. The van der Waals surface area contributed by atoms with Crippen LogP contribution < -0.4 is 21.3 Å². The van der Waals surface area contributed by atoms with E-state index in [1.165, 1.54) is 0 Å². The topological polar surface area (TPSA) is 138 Å². The molecule has 41 heavy (non-hydrogen) atoms. The minimum Gasteiger partial charge on any atom is -0.374 e. The predicted molar refractivity (Wildman–Crippen MR) is 165 cm³/mol. The summed E-state index contributed by atoms with van der Waals surface area (Å²) in [5.41, 5.74) is 1.94. The molecular formula is C27H52N4O8Si2. The fraction of sp³-hybridized carbons (Fsp3) is 0.704. The van der Waals surface area contributed by atoms with Gasteiger partial charge in [0.05, 0.1) is 0 Å². The number of amides is 4. The minimum absolute atomic E-state index is 0.336. The zero-order chi connectivity index (χ0) is 30.6. The van der Waals surface area contributed by atoms with Crippen LogP contribution in [0.5, 0.6) is 0 Å². The second-order valence-corrected chi connectivity index (χ2v) is 14.4. The molecule has 1 aromatic rings. The second kappa shape index (κ2) is 20.8. The third-order valence-corrected chi connectivity index (χ3v) is 12.2. The Balaban J connectivity index is 2.58. The van der Waals surface area contributed by atoms with Gasteiger partial charge in [0.1, 0.15) is 0 Å². The smallest absolute Gasteiger partial charge is 0.374 e. The molecule has 0 saturated heterocycles. The predicted octanol–water partition coefficient (Wildman–Crippen LogP) is 5.12. The number of nitrogens with one attached hydrogen (secondary N) is 4. The third kappa shape index (κ3) is 13.6. The molecule has 0 aromatic heterocycles. The van der Waals surface area contributed by atoms with Gasteiger partial charge in [0.25, 0.3) is 0 Å². The van der Waals surface area contributed by atoms with Crippen LogP contribution in [0.2, 0.25) is 12.1 Å². The zero-order valence-corrected chi connectivity index (χ0v) is 28.0. The summed E-state index contributed by atoms with van der Waals surface area (Å²) in [5.74, 6) is 0. The molecule has 0 unspecified atom stereocenters. The molecule has 0 aliphatic rings. The first-order valence-electron chi connectivity index (χ1n) is 14.8. The average molecular weight is 617 g/mol. The first-order chi connectivity index (χ1) is 19.7. The SMILES string of the molecule is CCO[Si](CCCNC(=O)Nc1cccc(NC(=O)NCCC[Si](OCC)(OCC)OCC)c1C)(OCC)OCC. The molecule has 4 amide bonds. The summed E-state index contributed by atoms with van der Waals surface area (Å²) >= 11 is 0. The van der Waals surface area contributed by atoms with Crippen LogP contribution in [-0.2, 0) is 26.6 Å². The molecule has 0 aliphatic carbocycles. The lowest BCUT2D eigenvalue weighted by atomic mass is 10.1. The molecule has 236 valence electrons. The van der Waals surface area contributed by atoms with Gasteiger partial charge in [-0.2, -0.15) is 0 Å². The summed E-state index contributed by atoms with van der Waals surface area (Å²) < 4.78 is 35.2. The summed E-state index contributed by atoms with van der Waals surface area (Å²) in [6.07, 6.45) is 1.31. The summed E-state index contributed by atoms with van der Waals surface area (Å²) in [6.45, 7) is 17.3. The van der Waals surface area contributed by atoms with E-state index in [0.29, 0.717) is 89.0 Å². The summed E-state index contributed by atoms with van der Waals surface area (Å²) in [7, 11) is -5.48. The second-order valence-electron chi connectivity index (χ2n) is 8.91. The molecule has 0 radical (unpaired) electrons. The molecule has 0 saturated carbocycles. The average Bonchev–Trinajstić information content (AvgIpc) is 2.92. The van der Waals surface area contributed by atoms with Crippen molar-refractivity contribution in [2.75, 3.05) is 63.4 Å². The van der Waals surface area contributed by atoms with Crippen LogP contribution in [0.4, 0.5) is 21.0 Å². The highest BCUT2D eigenvalue weighted by molar-refractivity contribution is 6.61. The van der Waals surface area contributed by atoms with Crippen molar-refractivity contribution < 1.29 is 36.1 Å². The molecule has 4 N–H and O–H groups in total. The van der Waals surface area contributed by atoms with Gasteiger partial charge in [0, 0.05) is 76.2 Å². The Bertz CT molecular complexity index is 797. The van der Waals surface area contributed by atoms with Crippen molar-refractivity contribution in [3.05, 3.63) is 23.8 Å². The maximum Gasteiger partial charge on any atom is 0.500 e. The maximum atomic E-state index is 12.6. The Labute approximate surface area is 248 Å². The van der Waals surface area contributed by atoms with Crippen molar-refractivity contribution in [2.24, 2.45) is 0 Å². The molecule has 0 bridgehead atoms. The van der Waals surface area contributed by atoms with Crippen LogP contribution in [-0.4, -0.2) is 82.4 Å². The Hall–Kier alpha value is -2.05. The first kappa shape index (κ1) is 37.0. The number of hydrogen-bond donors (Lipinski definition) is 4. The van der Waals surface area contributed by atoms with Crippen LogP contribution in [0.25, 0.3) is 0 Å². The first-order valence-corrected chi connectivity index (χ1v) is 18.6. The molecule has 1 aromatic carbocycles. The molecule has 0 aliphatic heterocycles. The molecular weight excluding hydrogens is 564 g/mol. The van der Waals surface area contributed by atoms with E-state index in [1.807, 2.05) is 48.5 Å². The minimum atomic E-state index is -2.74. The molecule has 12 nitrogen and oxygen atoms in total. The van der Waals surface area contributed by atoms with Gasteiger partial charge in [-0.1, -0.05) is 6.07 Å². The van der Waals surface area contributed by atoms with E-state index in [0.717, 1.165) is 5.56 Å². The van der Waals surface area contributed by atoms with Crippen LogP contribution in [0, 0.1) is 6.92 Å². The molecule has 0 fully saturated rings. The van der Waals surface area contributed by atoms with Gasteiger partial charge < -0.3 is 47.8 Å². The Morgan fingerprint density at radius 3 is 1.22 bits per heavy atom. The number of rotatable bonds is 22. The quantitative estimate of drug-likeness (QED) is 0.104. The molecule has 0 spiro atoms. The van der Waals surface area contributed by atoms with Gasteiger partial charge >= 0.3 is 29.7 Å². The number of hydrogen-bond acceptors (Lipinski definition) is 8. The van der Waals surface area contributed by atoms with Crippen molar-refractivity contribution in [1.29, 1.82) is 0 Å². The van der Waals surface area contributed by atoms with Gasteiger partial charge in [-0.05, 0) is 79.0 Å². The maximum absolute atomic E-state index is 12.6. The van der Waals surface area contributed by atoms with Crippen LogP contribution in [0.15, 0.2) is 18.2 Å². The monoisotopic (exact) mass is 616 g/mol. The van der Waals surface area contributed by atoms with Crippen LogP contribution >= 0.6 is 0 Å². The van der Waals surface area contributed by atoms with Crippen molar-refractivity contribution in [3.63, 3.8) is 0 Å². The van der Waals surface area contributed by atoms with E-state index >= 15 is 0 Å². The highest BCUT2D eigenvalue weighted by atomic mass is 28.4. The summed E-state index contributed by atoms with van der Waals surface area (Å²) in [5, 5.41) is 11.5.